The second-order valence-electron chi connectivity index (χ2n) is 7.16. The summed E-state index contributed by atoms with van der Waals surface area (Å²) in [5.74, 6) is 0.932. The molecular weight excluding hydrogens is 326 g/mol. The van der Waals surface area contributed by atoms with Crippen molar-refractivity contribution in [1.29, 1.82) is 0 Å². The first-order chi connectivity index (χ1) is 11.9. The Balaban J connectivity index is 2.54. The minimum Gasteiger partial charge on any atom is -0.306 e. The maximum absolute atomic E-state index is 13.5. The van der Waals surface area contributed by atoms with E-state index in [1.165, 1.54) is 0 Å². The van der Waals surface area contributed by atoms with Crippen molar-refractivity contribution in [2.24, 2.45) is 5.41 Å². The Morgan fingerprint density at radius 3 is 2.40 bits per heavy atom. The fourth-order valence-electron chi connectivity index (χ4n) is 3.04. The van der Waals surface area contributed by atoms with Gasteiger partial charge in [-0.05, 0) is 44.2 Å². The number of amides is 1. The van der Waals surface area contributed by atoms with Gasteiger partial charge in [0.1, 0.15) is 0 Å². The molecule has 0 fully saturated rings. The van der Waals surface area contributed by atoms with Crippen LogP contribution in [0, 0.1) is 5.41 Å². The predicted molar refractivity (Wildman–Crippen MR) is 110 cm³/mol. The van der Waals surface area contributed by atoms with Crippen molar-refractivity contribution in [2.75, 3.05) is 5.75 Å². The summed E-state index contributed by atoms with van der Waals surface area (Å²) in [6.45, 7) is 13.8. The van der Waals surface area contributed by atoms with Crippen LogP contribution in [0.25, 0.3) is 5.70 Å². The van der Waals surface area contributed by atoms with Gasteiger partial charge in [-0.2, -0.15) is 0 Å². The smallest absolute Gasteiger partial charge is 0.241 e. The Hall–Kier alpha value is -2.00. The summed E-state index contributed by atoms with van der Waals surface area (Å²) < 4.78 is 0. The summed E-state index contributed by atoms with van der Waals surface area (Å²) in [6, 6.07) is 10.1. The zero-order valence-corrected chi connectivity index (χ0v) is 16.2. The third-order valence-electron chi connectivity index (χ3n) is 4.13. The molecule has 0 saturated carbocycles. The molecule has 0 radical (unpaired) electrons. The molecule has 1 aromatic carbocycles. The van der Waals surface area contributed by atoms with Crippen LogP contribution < -0.4 is 0 Å². The highest BCUT2D eigenvalue weighted by Gasteiger charge is 2.47. The molecule has 1 atom stereocenters. The Bertz CT molecular complexity index is 696. The van der Waals surface area contributed by atoms with Crippen LogP contribution in [-0.2, 0) is 4.79 Å². The number of nitrogens with zero attached hydrogens (tertiary/aromatic N) is 1. The number of carbonyl (C=O) groups excluding carboxylic acids is 1. The first-order valence-corrected chi connectivity index (χ1v) is 9.54. The van der Waals surface area contributed by atoms with Crippen LogP contribution >= 0.6 is 11.8 Å². The van der Waals surface area contributed by atoms with Crippen molar-refractivity contribution in [2.45, 2.75) is 32.7 Å². The minimum absolute atomic E-state index is 0.106. The molecule has 0 aliphatic carbocycles. The lowest BCUT2D eigenvalue weighted by molar-refractivity contribution is -0.135. The zero-order chi connectivity index (χ0) is 18.5. The van der Waals surface area contributed by atoms with Gasteiger partial charge in [-0.15, -0.1) is 24.9 Å². The number of thioether (sulfide) groups is 1. The van der Waals surface area contributed by atoms with Crippen LogP contribution in [0.4, 0.5) is 0 Å². The molecule has 1 heterocycles. The molecule has 0 N–H and O–H groups in total. The van der Waals surface area contributed by atoms with Crippen molar-refractivity contribution in [3.63, 3.8) is 0 Å². The highest BCUT2D eigenvalue weighted by molar-refractivity contribution is 8.02. The van der Waals surface area contributed by atoms with Crippen molar-refractivity contribution < 1.29 is 4.79 Å². The molecule has 0 aromatic heterocycles. The molecule has 1 unspecified atom stereocenters. The van der Waals surface area contributed by atoms with Crippen molar-refractivity contribution in [3.8, 4) is 0 Å². The molecule has 0 saturated heterocycles. The third-order valence-corrected chi connectivity index (χ3v) is 4.89. The van der Waals surface area contributed by atoms with Gasteiger partial charge < -0.3 is 4.90 Å². The largest absolute Gasteiger partial charge is 0.306 e. The molecule has 1 aromatic rings. The molecule has 1 aliphatic heterocycles. The molecule has 2 nitrogen and oxygen atoms in total. The molecule has 0 bridgehead atoms. The third kappa shape index (κ3) is 4.16. The summed E-state index contributed by atoms with van der Waals surface area (Å²) in [5, 5.41) is 2.01. The fraction of sp³-hybridized carbons (Fsp3) is 0.318. The van der Waals surface area contributed by atoms with Gasteiger partial charge in [0.2, 0.25) is 5.91 Å². The second-order valence-corrected chi connectivity index (χ2v) is 8.10. The Kier molecular flexibility index (Phi) is 6.12. The minimum atomic E-state index is -0.672. The van der Waals surface area contributed by atoms with Gasteiger partial charge in [-0.3, -0.25) is 4.79 Å². The van der Waals surface area contributed by atoms with Gasteiger partial charge in [0.25, 0.3) is 0 Å². The van der Waals surface area contributed by atoms with E-state index in [1.54, 1.807) is 11.8 Å². The lowest BCUT2D eigenvalue weighted by atomic mass is 9.84. The van der Waals surface area contributed by atoms with E-state index in [0.29, 0.717) is 6.42 Å². The maximum atomic E-state index is 13.5. The highest BCUT2D eigenvalue weighted by Crippen LogP contribution is 2.45. The van der Waals surface area contributed by atoms with Crippen LogP contribution in [0.2, 0.25) is 0 Å². The molecule has 25 heavy (non-hydrogen) atoms. The van der Waals surface area contributed by atoms with Crippen LogP contribution in [-0.4, -0.2) is 22.1 Å². The summed E-state index contributed by atoms with van der Waals surface area (Å²) in [7, 11) is 0. The average Bonchev–Trinajstić information content (AvgIpc) is 2.86. The number of hydrogen-bond acceptors (Lipinski definition) is 2. The van der Waals surface area contributed by atoms with Crippen LogP contribution in [0.15, 0.2) is 73.2 Å². The normalized spacial score (nSPS) is 20.8. The monoisotopic (exact) mass is 353 g/mol. The Labute approximate surface area is 156 Å². The molecule has 1 amide bonds. The molecule has 0 spiro atoms. The van der Waals surface area contributed by atoms with E-state index in [4.69, 9.17) is 0 Å². The number of benzene rings is 1. The molecule has 132 valence electrons. The van der Waals surface area contributed by atoms with Crippen LogP contribution in [0.1, 0.15) is 32.8 Å². The first-order valence-electron chi connectivity index (χ1n) is 8.50. The SMILES string of the molecule is C=CCS/C=C\C1(CC=C)C=C(c2ccccc2)N(C(C)(C)C)C1=O. The van der Waals surface area contributed by atoms with Crippen LogP contribution in [0.5, 0.6) is 0 Å². The van der Waals surface area contributed by atoms with Gasteiger partial charge in [0, 0.05) is 17.0 Å². The summed E-state index contributed by atoms with van der Waals surface area (Å²) in [5.41, 5.74) is 1.06. The number of carbonyl (C=O) groups is 1. The Morgan fingerprint density at radius 1 is 1.16 bits per heavy atom. The van der Waals surface area contributed by atoms with Gasteiger partial charge in [-0.25, -0.2) is 0 Å². The van der Waals surface area contributed by atoms with E-state index in [9.17, 15) is 4.79 Å². The first kappa shape index (κ1) is 19.3. The van der Waals surface area contributed by atoms with Crippen molar-refractivity contribution in [1.82, 2.24) is 4.90 Å². The average molecular weight is 354 g/mol. The van der Waals surface area contributed by atoms with E-state index in [-0.39, 0.29) is 11.4 Å². The van der Waals surface area contributed by atoms with Crippen LogP contribution in [0.3, 0.4) is 0 Å². The lowest BCUT2D eigenvalue weighted by Gasteiger charge is -2.36. The molecule has 3 heteroatoms. The quantitative estimate of drug-likeness (QED) is 0.465. The van der Waals surface area contributed by atoms with E-state index in [0.717, 1.165) is 17.0 Å². The highest BCUT2D eigenvalue weighted by atomic mass is 32.2. The standard InChI is InChI=1S/C22H27NOS/c1-6-13-22(14-16-25-15-7-2)17-19(18-11-9-8-10-12-18)23(20(22)24)21(3,4)5/h6-12,14,16-17H,1-2,13,15H2,3-5H3/b16-14-. The molecular formula is C22H27NOS. The van der Waals surface area contributed by atoms with E-state index >= 15 is 0 Å². The maximum Gasteiger partial charge on any atom is 0.241 e. The summed E-state index contributed by atoms with van der Waals surface area (Å²) in [4.78, 5) is 15.4. The predicted octanol–water partition coefficient (Wildman–Crippen LogP) is 5.66. The Morgan fingerprint density at radius 2 is 1.84 bits per heavy atom. The summed E-state index contributed by atoms with van der Waals surface area (Å²) >= 11 is 1.64. The number of hydrogen-bond donors (Lipinski definition) is 0. The fourth-order valence-corrected chi connectivity index (χ4v) is 3.63. The molecule has 1 aliphatic rings. The zero-order valence-electron chi connectivity index (χ0n) is 15.4. The number of rotatable bonds is 7. The van der Waals surface area contributed by atoms with E-state index < -0.39 is 5.41 Å². The second kappa shape index (κ2) is 7.92. The number of allylic oxidation sites excluding steroid dienone is 1. The topological polar surface area (TPSA) is 20.3 Å². The molecule has 2 rings (SSSR count). The van der Waals surface area contributed by atoms with E-state index in [2.05, 4.69) is 52.1 Å². The van der Waals surface area contributed by atoms with Gasteiger partial charge in [0.15, 0.2) is 0 Å². The van der Waals surface area contributed by atoms with Gasteiger partial charge in [0.05, 0.1) is 5.41 Å². The summed E-state index contributed by atoms with van der Waals surface area (Å²) in [6.07, 6.45) is 8.38. The van der Waals surface area contributed by atoms with Crippen molar-refractivity contribution >= 4 is 23.4 Å². The van der Waals surface area contributed by atoms with Gasteiger partial charge in [-0.1, -0.05) is 48.6 Å². The van der Waals surface area contributed by atoms with Gasteiger partial charge >= 0.3 is 0 Å². The van der Waals surface area contributed by atoms with Crippen molar-refractivity contribution in [3.05, 3.63) is 78.8 Å². The van der Waals surface area contributed by atoms with E-state index in [1.807, 2.05) is 46.7 Å². The lowest BCUT2D eigenvalue weighted by Crippen LogP contribution is -2.45.